The summed E-state index contributed by atoms with van der Waals surface area (Å²) < 4.78 is 5.37. The summed E-state index contributed by atoms with van der Waals surface area (Å²) in [5.74, 6) is 2.20. The maximum Gasteiger partial charge on any atom is 0.142 e. The first-order valence-corrected chi connectivity index (χ1v) is 9.16. The number of nitrogens with zero attached hydrogens (tertiary/aromatic N) is 3. The molecule has 3 aromatic rings. The molecule has 1 aliphatic heterocycles. The van der Waals surface area contributed by atoms with Crippen molar-refractivity contribution in [2.24, 2.45) is 0 Å². The lowest BCUT2D eigenvalue weighted by Crippen LogP contribution is -2.17. The molecule has 138 valence electrons. The first-order valence-electron chi connectivity index (χ1n) is 9.16. The first kappa shape index (κ1) is 17.1. The molecule has 0 aliphatic carbocycles. The van der Waals surface area contributed by atoms with E-state index in [4.69, 9.17) is 4.74 Å². The number of anilines is 5. The van der Waals surface area contributed by atoms with E-state index >= 15 is 0 Å². The summed E-state index contributed by atoms with van der Waals surface area (Å²) in [5, 5.41) is 6.61. The summed E-state index contributed by atoms with van der Waals surface area (Å²) in [7, 11) is 1.65. The molecule has 0 bridgehead atoms. The number of rotatable bonds is 6. The monoisotopic (exact) mass is 361 g/mol. The third-order valence-corrected chi connectivity index (χ3v) is 4.65. The molecule has 0 amide bonds. The van der Waals surface area contributed by atoms with Gasteiger partial charge in [-0.1, -0.05) is 12.1 Å². The molecule has 6 heteroatoms. The quantitative estimate of drug-likeness (QED) is 0.670. The van der Waals surface area contributed by atoms with E-state index in [1.807, 2.05) is 30.3 Å². The average Bonchev–Trinajstić information content (AvgIpc) is 3.24. The lowest BCUT2D eigenvalue weighted by molar-refractivity contribution is 0.417. The van der Waals surface area contributed by atoms with Crippen LogP contribution in [0.25, 0.3) is 0 Å². The van der Waals surface area contributed by atoms with Crippen molar-refractivity contribution in [3.8, 4) is 5.75 Å². The van der Waals surface area contributed by atoms with Gasteiger partial charge >= 0.3 is 0 Å². The number of para-hydroxylation sites is 2. The second kappa shape index (κ2) is 7.95. The minimum atomic E-state index is 0.700. The molecule has 0 unspecified atom stereocenters. The minimum absolute atomic E-state index is 0.700. The molecule has 2 heterocycles. The Labute approximate surface area is 159 Å². The van der Waals surface area contributed by atoms with Gasteiger partial charge in [0.1, 0.15) is 23.7 Å². The van der Waals surface area contributed by atoms with E-state index in [1.54, 1.807) is 13.4 Å². The zero-order valence-corrected chi connectivity index (χ0v) is 15.4. The summed E-state index contributed by atoms with van der Waals surface area (Å²) >= 11 is 0. The Kier molecular flexibility index (Phi) is 5.05. The highest BCUT2D eigenvalue weighted by molar-refractivity contribution is 5.67. The zero-order valence-electron chi connectivity index (χ0n) is 15.4. The summed E-state index contributed by atoms with van der Waals surface area (Å²) in [4.78, 5) is 11.0. The van der Waals surface area contributed by atoms with Crippen LogP contribution >= 0.6 is 0 Å². The highest BCUT2D eigenvalue weighted by Gasteiger charge is 2.12. The number of nitrogens with one attached hydrogen (secondary N) is 2. The molecule has 2 N–H and O–H groups in total. The van der Waals surface area contributed by atoms with Gasteiger partial charge in [0.25, 0.3) is 0 Å². The number of hydrogen-bond donors (Lipinski definition) is 2. The van der Waals surface area contributed by atoms with Gasteiger partial charge in [0.15, 0.2) is 0 Å². The molecule has 1 saturated heterocycles. The van der Waals surface area contributed by atoms with Crippen molar-refractivity contribution in [2.75, 3.05) is 35.7 Å². The molecule has 1 fully saturated rings. The molecule has 0 atom stereocenters. The fourth-order valence-corrected chi connectivity index (χ4v) is 3.26. The van der Waals surface area contributed by atoms with E-state index in [9.17, 15) is 0 Å². The second-order valence-corrected chi connectivity index (χ2v) is 6.48. The topological polar surface area (TPSA) is 62.3 Å². The molecule has 0 saturated carbocycles. The zero-order chi connectivity index (χ0) is 18.5. The van der Waals surface area contributed by atoms with Gasteiger partial charge in [0.05, 0.1) is 12.8 Å². The van der Waals surface area contributed by atoms with E-state index in [2.05, 4.69) is 49.8 Å². The van der Waals surface area contributed by atoms with Gasteiger partial charge in [-0.2, -0.15) is 0 Å². The Morgan fingerprint density at radius 2 is 1.59 bits per heavy atom. The molecule has 27 heavy (non-hydrogen) atoms. The molecule has 1 aliphatic rings. The highest BCUT2D eigenvalue weighted by Crippen LogP contribution is 2.27. The summed E-state index contributed by atoms with van der Waals surface area (Å²) in [6.45, 7) is 2.30. The van der Waals surface area contributed by atoms with E-state index in [-0.39, 0.29) is 0 Å². The first-order chi connectivity index (χ1) is 13.3. The van der Waals surface area contributed by atoms with Crippen LogP contribution in [0.1, 0.15) is 12.8 Å². The maximum atomic E-state index is 5.37. The lowest BCUT2D eigenvalue weighted by atomic mass is 10.2. The third-order valence-electron chi connectivity index (χ3n) is 4.65. The van der Waals surface area contributed by atoms with Crippen molar-refractivity contribution in [2.45, 2.75) is 12.8 Å². The van der Waals surface area contributed by atoms with Crippen LogP contribution in [0.2, 0.25) is 0 Å². The van der Waals surface area contributed by atoms with Gasteiger partial charge in [-0.25, -0.2) is 9.97 Å². The Morgan fingerprint density at radius 1 is 0.889 bits per heavy atom. The Hall–Kier alpha value is -3.28. The van der Waals surface area contributed by atoms with Gasteiger partial charge < -0.3 is 20.3 Å². The molecular weight excluding hydrogens is 338 g/mol. The number of methoxy groups -OCH3 is 1. The van der Waals surface area contributed by atoms with Crippen LogP contribution in [0.5, 0.6) is 5.75 Å². The predicted molar refractivity (Wildman–Crippen MR) is 109 cm³/mol. The Morgan fingerprint density at radius 3 is 2.33 bits per heavy atom. The number of aromatic nitrogens is 2. The van der Waals surface area contributed by atoms with E-state index < -0.39 is 0 Å². The molecule has 2 aromatic carbocycles. The minimum Gasteiger partial charge on any atom is -0.495 e. The standard InChI is InChI=1S/C21H23N5O/c1-27-19-7-3-2-6-18(19)25-21-14-20(22-15-23-21)24-16-8-10-17(11-9-16)26-12-4-5-13-26/h2-3,6-11,14-15H,4-5,12-13H2,1H3,(H2,22,23,24,25). The highest BCUT2D eigenvalue weighted by atomic mass is 16.5. The SMILES string of the molecule is COc1ccccc1Nc1cc(Nc2ccc(N3CCCC3)cc2)ncn1. The smallest absolute Gasteiger partial charge is 0.142 e. The number of ether oxygens (including phenoxy) is 1. The van der Waals surface area contributed by atoms with Crippen molar-refractivity contribution < 1.29 is 4.74 Å². The van der Waals surface area contributed by atoms with Crippen LogP contribution in [-0.2, 0) is 0 Å². The van der Waals surface area contributed by atoms with Crippen LogP contribution in [0.3, 0.4) is 0 Å². The van der Waals surface area contributed by atoms with E-state index in [0.717, 1.165) is 36.0 Å². The summed E-state index contributed by atoms with van der Waals surface area (Å²) in [6, 6.07) is 18.1. The normalized spacial score (nSPS) is 13.4. The van der Waals surface area contributed by atoms with E-state index in [1.165, 1.54) is 18.5 Å². The largest absolute Gasteiger partial charge is 0.495 e. The van der Waals surface area contributed by atoms with Crippen LogP contribution in [-0.4, -0.2) is 30.2 Å². The Bertz CT molecular complexity index is 891. The van der Waals surface area contributed by atoms with Crippen LogP contribution in [0, 0.1) is 0 Å². The van der Waals surface area contributed by atoms with E-state index in [0.29, 0.717) is 5.82 Å². The summed E-state index contributed by atoms with van der Waals surface area (Å²) in [5.41, 5.74) is 3.14. The molecule has 4 rings (SSSR count). The van der Waals surface area contributed by atoms with Crippen molar-refractivity contribution in [3.63, 3.8) is 0 Å². The van der Waals surface area contributed by atoms with Crippen molar-refractivity contribution in [1.82, 2.24) is 9.97 Å². The fourth-order valence-electron chi connectivity index (χ4n) is 3.26. The molecule has 6 nitrogen and oxygen atoms in total. The molecular formula is C21H23N5O. The lowest BCUT2D eigenvalue weighted by Gasteiger charge is -2.18. The Balaban J connectivity index is 1.46. The van der Waals surface area contributed by atoms with Crippen molar-refractivity contribution in [3.05, 3.63) is 60.9 Å². The van der Waals surface area contributed by atoms with Gasteiger partial charge in [-0.3, -0.25) is 0 Å². The van der Waals surface area contributed by atoms with Gasteiger partial charge in [-0.15, -0.1) is 0 Å². The number of benzene rings is 2. The van der Waals surface area contributed by atoms with Crippen molar-refractivity contribution in [1.29, 1.82) is 0 Å². The fraction of sp³-hybridized carbons (Fsp3) is 0.238. The summed E-state index contributed by atoms with van der Waals surface area (Å²) in [6.07, 6.45) is 4.10. The van der Waals surface area contributed by atoms with Crippen LogP contribution < -0.4 is 20.3 Å². The van der Waals surface area contributed by atoms with Crippen LogP contribution in [0.4, 0.5) is 28.7 Å². The maximum absolute atomic E-state index is 5.37. The average molecular weight is 361 g/mol. The molecule has 0 spiro atoms. The second-order valence-electron chi connectivity index (χ2n) is 6.48. The van der Waals surface area contributed by atoms with Gasteiger partial charge in [0, 0.05) is 30.5 Å². The predicted octanol–water partition coefficient (Wildman–Crippen LogP) is 4.57. The van der Waals surface area contributed by atoms with Gasteiger partial charge in [0.2, 0.25) is 0 Å². The van der Waals surface area contributed by atoms with Gasteiger partial charge in [-0.05, 0) is 49.2 Å². The molecule has 0 radical (unpaired) electrons. The van der Waals surface area contributed by atoms with Crippen molar-refractivity contribution >= 4 is 28.7 Å². The van der Waals surface area contributed by atoms with Crippen LogP contribution in [0.15, 0.2) is 60.9 Å². The third kappa shape index (κ3) is 4.11. The molecule has 1 aromatic heterocycles. The number of hydrogen-bond acceptors (Lipinski definition) is 6.